The number of para-hydroxylation sites is 5. The lowest BCUT2D eigenvalue weighted by molar-refractivity contribution is 0.424. The van der Waals surface area contributed by atoms with Crippen LogP contribution in [0.2, 0.25) is 0 Å². The molecular weight excluding hydrogens is 1210 g/mol. The van der Waals surface area contributed by atoms with Crippen LogP contribution in [0.25, 0.3) is 184 Å². The molecule has 458 valence electrons. The van der Waals surface area contributed by atoms with Crippen LogP contribution in [-0.4, -0.2) is 81.0 Å². The number of hydrogen-bond donors (Lipinski definition) is 6. The average molecular weight is 1260 g/mol. The van der Waals surface area contributed by atoms with E-state index in [9.17, 15) is 30.1 Å². The summed E-state index contributed by atoms with van der Waals surface area (Å²) in [7, 11) is -5.41. The predicted molar refractivity (Wildman–Crippen MR) is 385 cm³/mol. The molecule has 18 aromatic rings. The summed E-state index contributed by atoms with van der Waals surface area (Å²) < 4.78 is 22.6. The summed E-state index contributed by atoms with van der Waals surface area (Å²) in [5.74, 6) is 1.66. The van der Waals surface area contributed by atoms with E-state index >= 15 is 0 Å². The van der Waals surface area contributed by atoms with E-state index in [2.05, 4.69) is 41.0 Å². The van der Waals surface area contributed by atoms with Crippen molar-refractivity contribution >= 4 is 125 Å². The second kappa shape index (κ2) is 22.8. The highest BCUT2D eigenvalue weighted by molar-refractivity contribution is 6.63. The Kier molecular flexibility index (Phi) is 13.5. The Morgan fingerprint density at radius 1 is 0.258 bits per heavy atom. The van der Waals surface area contributed by atoms with E-state index in [1.54, 1.807) is 36.4 Å². The van der Waals surface area contributed by atoms with Crippen molar-refractivity contribution in [1.29, 1.82) is 0 Å². The second-order valence-electron chi connectivity index (χ2n) is 24.0. The van der Waals surface area contributed by atoms with Gasteiger partial charge in [-0.25, -0.2) is 24.9 Å². The molecule has 6 heterocycles. The Morgan fingerprint density at radius 2 is 0.660 bits per heavy atom. The zero-order valence-corrected chi connectivity index (χ0v) is 51.1. The van der Waals surface area contributed by atoms with Gasteiger partial charge in [-0.1, -0.05) is 212 Å². The molecule has 97 heavy (non-hydrogen) atoms. The molecule has 0 aliphatic heterocycles. The van der Waals surface area contributed by atoms with E-state index in [0.717, 1.165) is 82.8 Å². The van der Waals surface area contributed by atoms with Crippen molar-refractivity contribution < 1.29 is 43.4 Å². The normalized spacial score (nSPS) is 11.8. The van der Waals surface area contributed by atoms with Gasteiger partial charge in [0.2, 0.25) is 0 Å². The molecule has 18 heteroatoms. The molecule has 15 nitrogen and oxygen atoms in total. The van der Waals surface area contributed by atoms with E-state index in [1.165, 1.54) is 0 Å². The zero-order chi connectivity index (χ0) is 65.2. The predicted octanol–water partition coefficient (Wildman–Crippen LogP) is 13.8. The third-order valence-electron chi connectivity index (χ3n) is 18.4. The van der Waals surface area contributed by atoms with Gasteiger partial charge in [0.25, 0.3) is 0 Å². The Labute approximate surface area is 552 Å². The van der Waals surface area contributed by atoms with Crippen molar-refractivity contribution in [3.63, 3.8) is 0 Å². The van der Waals surface area contributed by atoms with Crippen LogP contribution in [0.15, 0.2) is 274 Å². The minimum absolute atomic E-state index is 0.194. The monoisotopic (exact) mass is 1260 g/mol. The standard InChI is InChI=1S/C79H49B3N6O9/c89-80(90)60-30-13-26-53-54-27-16-34-67(73(54)95-70(53)60)88-65-33-11-10-25-52(65)59-42-48(35-40-66(59)88)51-37-38-57(74-69(51)56-29-15-32-62(82(93)94)72(56)96-74)78-83-63(44-17-4-1-5-18-44)43-64(84-78)49-24-12-23-47(41-49)50-36-39-58(75-68(50)55-28-14-31-61(81(91)92)71(55)97-75)79-86-76(45-19-6-2-7-20-45)85-77(87-79)46-21-8-3-9-22-46/h1-43,89-94H. The molecular formula is C79H49B3N6O9. The van der Waals surface area contributed by atoms with Gasteiger partial charge in [-0.3, -0.25) is 0 Å². The SMILES string of the molecule is OB(O)c1cccc2c1oc1c(-n3c4ccccc4c4cc(-c5ccc(-c6nc(-c7ccccc7)cc(-c7cccc(-c8ccc(-c9nc(-c%10ccccc%10)nc(-c%10ccccc%10)n9)c9oc%10c(B(O)O)cccc%10c89)c7)n6)c6oc7c(B(O)O)cccc7c56)ccc43)cccc12. The smallest absolute Gasteiger partial charge is 0.456 e. The molecule has 0 unspecified atom stereocenters. The Bertz CT molecular complexity index is 6160. The lowest BCUT2D eigenvalue weighted by Gasteiger charge is -2.13. The molecule has 6 N–H and O–H groups in total. The fourth-order valence-corrected chi connectivity index (χ4v) is 13.9. The maximum Gasteiger partial charge on any atom is 0.492 e. The number of nitrogens with zero attached hydrogens (tertiary/aromatic N) is 6. The molecule has 6 aromatic heterocycles. The summed E-state index contributed by atoms with van der Waals surface area (Å²) in [6.45, 7) is 0. The third kappa shape index (κ3) is 9.46. The molecule has 0 atom stereocenters. The number of benzene rings is 12. The maximum absolute atomic E-state index is 10.9. The lowest BCUT2D eigenvalue weighted by atomic mass is 9.79. The fraction of sp³-hybridized carbons (Fsp3) is 0. The van der Waals surface area contributed by atoms with Crippen LogP contribution in [0.1, 0.15) is 0 Å². The quantitative estimate of drug-likeness (QED) is 0.0625. The average Bonchev–Trinajstić information content (AvgIpc) is 1.60. The maximum atomic E-state index is 10.9. The summed E-state index contributed by atoms with van der Waals surface area (Å²) >= 11 is 0. The van der Waals surface area contributed by atoms with Gasteiger partial charge in [-0.05, 0) is 70.8 Å². The van der Waals surface area contributed by atoms with Crippen LogP contribution >= 0.6 is 0 Å². The van der Waals surface area contributed by atoms with Crippen molar-refractivity contribution in [1.82, 2.24) is 29.5 Å². The first kappa shape index (κ1) is 57.5. The van der Waals surface area contributed by atoms with Crippen LogP contribution in [0.5, 0.6) is 0 Å². The first-order valence-electron chi connectivity index (χ1n) is 31.5. The van der Waals surface area contributed by atoms with Gasteiger partial charge in [-0.2, -0.15) is 0 Å². The van der Waals surface area contributed by atoms with Gasteiger partial charge in [0.1, 0.15) is 27.9 Å². The molecule has 0 fully saturated rings. The molecule has 0 bridgehead atoms. The highest BCUT2D eigenvalue weighted by atomic mass is 16.4. The highest BCUT2D eigenvalue weighted by Crippen LogP contribution is 2.46. The van der Waals surface area contributed by atoms with E-state index < -0.39 is 21.4 Å². The summed E-state index contributed by atoms with van der Waals surface area (Å²) in [5, 5.41) is 70.4. The molecule has 0 saturated carbocycles. The van der Waals surface area contributed by atoms with Crippen molar-refractivity contribution in [3.8, 4) is 96.0 Å². The largest absolute Gasteiger partial charge is 0.492 e. The van der Waals surface area contributed by atoms with E-state index in [-0.39, 0.29) is 16.4 Å². The Morgan fingerprint density at radius 3 is 1.24 bits per heavy atom. The Hall–Kier alpha value is -12.1. The van der Waals surface area contributed by atoms with Crippen molar-refractivity contribution in [3.05, 3.63) is 261 Å². The number of furan rings is 3. The van der Waals surface area contributed by atoms with Gasteiger partial charge in [0.05, 0.1) is 39.2 Å². The fourth-order valence-electron chi connectivity index (χ4n) is 13.9. The number of aromatic nitrogens is 6. The van der Waals surface area contributed by atoms with Gasteiger partial charge >= 0.3 is 21.4 Å². The van der Waals surface area contributed by atoms with Crippen LogP contribution in [-0.2, 0) is 0 Å². The van der Waals surface area contributed by atoms with Gasteiger partial charge in [-0.15, -0.1) is 0 Å². The number of rotatable bonds is 12. The van der Waals surface area contributed by atoms with Crippen LogP contribution < -0.4 is 16.4 Å². The summed E-state index contributed by atoms with van der Waals surface area (Å²) in [5.41, 5.74) is 14.6. The van der Waals surface area contributed by atoms with Crippen molar-refractivity contribution in [2.75, 3.05) is 0 Å². The van der Waals surface area contributed by atoms with Gasteiger partial charge < -0.3 is 48.0 Å². The van der Waals surface area contributed by atoms with Gasteiger partial charge in [0.15, 0.2) is 28.9 Å². The van der Waals surface area contributed by atoms with Crippen LogP contribution in [0.4, 0.5) is 0 Å². The summed E-state index contributed by atoms with van der Waals surface area (Å²) in [6, 6.07) is 83.9. The molecule has 0 spiro atoms. The van der Waals surface area contributed by atoms with Crippen molar-refractivity contribution in [2.45, 2.75) is 0 Å². The molecule has 0 aliphatic rings. The molecule has 18 rings (SSSR count). The van der Waals surface area contributed by atoms with Crippen molar-refractivity contribution in [2.24, 2.45) is 0 Å². The second-order valence-corrected chi connectivity index (χ2v) is 24.0. The Balaban J connectivity index is 0.806. The number of hydrogen-bond acceptors (Lipinski definition) is 14. The lowest BCUT2D eigenvalue weighted by Crippen LogP contribution is -2.29. The van der Waals surface area contributed by atoms with E-state index in [0.29, 0.717) is 101 Å². The van der Waals surface area contributed by atoms with Crippen LogP contribution in [0.3, 0.4) is 0 Å². The molecule has 0 aliphatic carbocycles. The minimum atomic E-state index is -1.85. The first-order valence-corrected chi connectivity index (χ1v) is 31.5. The van der Waals surface area contributed by atoms with Crippen LogP contribution in [0, 0.1) is 0 Å². The third-order valence-corrected chi connectivity index (χ3v) is 18.4. The minimum Gasteiger partial charge on any atom is -0.456 e. The number of fused-ring (bicyclic) bond motifs is 12. The highest BCUT2D eigenvalue weighted by Gasteiger charge is 2.29. The zero-order valence-electron chi connectivity index (χ0n) is 51.1. The summed E-state index contributed by atoms with van der Waals surface area (Å²) in [6.07, 6.45) is 0. The van der Waals surface area contributed by atoms with E-state index in [1.807, 2.05) is 188 Å². The van der Waals surface area contributed by atoms with Gasteiger partial charge in [0, 0.05) is 81.7 Å². The first-order chi connectivity index (χ1) is 47.6. The summed E-state index contributed by atoms with van der Waals surface area (Å²) in [4.78, 5) is 25.8. The molecule has 0 saturated heterocycles. The molecule has 0 amide bonds. The topological polar surface area (TPSA) is 230 Å². The molecule has 12 aromatic carbocycles. The molecule has 0 radical (unpaired) electrons. The van der Waals surface area contributed by atoms with E-state index in [4.69, 9.17) is 38.2 Å².